The van der Waals surface area contributed by atoms with Gasteiger partial charge in [-0.1, -0.05) is 57.5 Å². The number of aryl methyl sites for hydroxylation is 1. The van der Waals surface area contributed by atoms with E-state index in [9.17, 15) is 5.11 Å². The summed E-state index contributed by atoms with van der Waals surface area (Å²) in [7, 11) is 0. The first-order valence-corrected chi connectivity index (χ1v) is 6.97. The van der Waals surface area contributed by atoms with E-state index in [0.29, 0.717) is 11.7 Å². The van der Waals surface area contributed by atoms with E-state index in [-0.39, 0.29) is 0 Å². The van der Waals surface area contributed by atoms with Crippen molar-refractivity contribution in [1.82, 2.24) is 9.78 Å². The molecule has 0 saturated heterocycles. The second-order valence-corrected chi connectivity index (χ2v) is 5.34. The molecular formula is C16H22N2O. The molecule has 0 aliphatic heterocycles. The van der Waals surface area contributed by atoms with Gasteiger partial charge in [-0.05, 0) is 12.3 Å². The maximum Gasteiger partial charge on any atom is 0.164 e. The van der Waals surface area contributed by atoms with Crippen LogP contribution in [0.25, 0.3) is 11.3 Å². The summed E-state index contributed by atoms with van der Waals surface area (Å²) in [6, 6.07) is 9.99. The third kappa shape index (κ3) is 2.98. The highest BCUT2D eigenvalue weighted by atomic mass is 16.3. The van der Waals surface area contributed by atoms with Crippen LogP contribution in [0.2, 0.25) is 0 Å². The van der Waals surface area contributed by atoms with Crippen LogP contribution in [0.4, 0.5) is 0 Å². The van der Waals surface area contributed by atoms with Crippen molar-refractivity contribution in [3.05, 3.63) is 36.0 Å². The quantitative estimate of drug-likeness (QED) is 0.884. The van der Waals surface area contributed by atoms with Crippen LogP contribution in [0.3, 0.4) is 0 Å². The first kappa shape index (κ1) is 13.7. The zero-order valence-corrected chi connectivity index (χ0v) is 11.9. The average molecular weight is 258 g/mol. The number of aromatic nitrogens is 2. The molecule has 2 aromatic rings. The van der Waals surface area contributed by atoms with Gasteiger partial charge in [0, 0.05) is 12.1 Å². The molecule has 3 nitrogen and oxygen atoms in total. The Kier molecular flexibility index (Phi) is 4.25. The van der Waals surface area contributed by atoms with Crippen molar-refractivity contribution in [1.29, 1.82) is 0 Å². The summed E-state index contributed by atoms with van der Waals surface area (Å²) < 4.78 is 1.94. The van der Waals surface area contributed by atoms with Crippen molar-refractivity contribution < 1.29 is 5.11 Å². The second-order valence-electron chi connectivity index (χ2n) is 5.34. The minimum absolute atomic E-state index is 0.341. The van der Waals surface area contributed by atoms with E-state index < -0.39 is 0 Å². The summed E-state index contributed by atoms with van der Waals surface area (Å²) in [5.74, 6) is 0.838. The fraction of sp³-hybridized carbons (Fsp3) is 0.438. The number of aromatic hydroxyl groups is 1. The van der Waals surface area contributed by atoms with Crippen LogP contribution in [-0.2, 0) is 13.0 Å². The summed E-state index contributed by atoms with van der Waals surface area (Å²) in [6.07, 6.45) is 1.80. The van der Waals surface area contributed by atoms with Crippen LogP contribution in [0, 0.1) is 5.92 Å². The SMILES string of the molecule is CCCc1nn(CC(C)C)c(-c2ccccc2)c1O. The lowest BCUT2D eigenvalue weighted by atomic mass is 10.1. The van der Waals surface area contributed by atoms with Gasteiger partial charge in [-0.25, -0.2) is 0 Å². The van der Waals surface area contributed by atoms with E-state index >= 15 is 0 Å². The molecule has 19 heavy (non-hydrogen) atoms. The van der Waals surface area contributed by atoms with Crippen LogP contribution < -0.4 is 0 Å². The van der Waals surface area contributed by atoms with Crippen LogP contribution >= 0.6 is 0 Å². The molecule has 0 aliphatic rings. The van der Waals surface area contributed by atoms with E-state index in [1.165, 1.54) is 0 Å². The smallest absolute Gasteiger partial charge is 0.164 e. The zero-order chi connectivity index (χ0) is 13.8. The molecule has 0 bridgehead atoms. The highest BCUT2D eigenvalue weighted by Crippen LogP contribution is 2.33. The third-order valence-corrected chi connectivity index (χ3v) is 3.07. The fourth-order valence-corrected chi connectivity index (χ4v) is 2.27. The lowest BCUT2D eigenvalue weighted by molar-refractivity contribution is 0.466. The number of hydrogen-bond donors (Lipinski definition) is 1. The molecule has 0 unspecified atom stereocenters. The predicted molar refractivity (Wildman–Crippen MR) is 78.2 cm³/mol. The van der Waals surface area contributed by atoms with Gasteiger partial charge in [0.2, 0.25) is 0 Å². The molecule has 1 N–H and O–H groups in total. The van der Waals surface area contributed by atoms with Crippen LogP contribution in [0.5, 0.6) is 5.75 Å². The number of nitrogens with zero attached hydrogens (tertiary/aromatic N) is 2. The van der Waals surface area contributed by atoms with E-state index in [1.807, 2.05) is 35.0 Å². The maximum absolute atomic E-state index is 10.4. The van der Waals surface area contributed by atoms with Crippen molar-refractivity contribution in [3.63, 3.8) is 0 Å². The molecule has 0 aliphatic carbocycles. The first-order valence-electron chi connectivity index (χ1n) is 6.97. The Morgan fingerprint density at radius 2 is 1.89 bits per heavy atom. The van der Waals surface area contributed by atoms with Crippen LogP contribution in [0.1, 0.15) is 32.9 Å². The van der Waals surface area contributed by atoms with E-state index in [4.69, 9.17) is 0 Å². The highest BCUT2D eigenvalue weighted by molar-refractivity contribution is 5.67. The Balaban J connectivity index is 2.50. The molecule has 1 aromatic carbocycles. The second kappa shape index (κ2) is 5.91. The molecule has 0 atom stereocenters. The van der Waals surface area contributed by atoms with Crippen molar-refractivity contribution >= 4 is 0 Å². The largest absolute Gasteiger partial charge is 0.504 e. The van der Waals surface area contributed by atoms with Gasteiger partial charge in [0.05, 0.1) is 0 Å². The lowest BCUT2D eigenvalue weighted by Crippen LogP contribution is -2.08. The van der Waals surface area contributed by atoms with Gasteiger partial charge in [-0.2, -0.15) is 5.10 Å². The van der Waals surface area contributed by atoms with Gasteiger partial charge in [-0.3, -0.25) is 4.68 Å². The average Bonchev–Trinajstić information content (AvgIpc) is 2.67. The van der Waals surface area contributed by atoms with Crippen molar-refractivity contribution in [3.8, 4) is 17.0 Å². The normalized spacial score (nSPS) is 11.2. The number of benzene rings is 1. The maximum atomic E-state index is 10.4. The fourth-order valence-electron chi connectivity index (χ4n) is 2.27. The molecule has 1 heterocycles. The molecule has 0 radical (unpaired) electrons. The highest BCUT2D eigenvalue weighted by Gasteiger charge is 2.18. The zero-order valence-electron chi connectivity index (χ0n) is 11.9. The van der Waals surface area contributed by atoms with Gasteiger partial charge in [0.15, 0.2) is 5.75 Å². The summed E-state index contributed by atoms with van der Waals surface area (Å²) in [5, 5.41) is 15.0. The Bertz CT molecular complexity index is 529. The Morgan fingerprint density at radius 3 is 2.47 bits per heavy atom. The van der Waals surface area contributed by atoms with Gasteiger partial charge < -0.3 is 5.11 Å². The van der Waals surface area contributed by atoms with E-state index in [0.717, 1.165) is 36.3 Å². The molecule has 3 heteroatoms. The van der Waals surface area contributed by atoms with E-state index in [1.54, 1.807) is 0 Å². The summed E-state index contributed by atoms with van der Waals surface area (Å²) >= 11 is 0. The van der Waals surface area contributed by atoms with Gasteiger partial charge in [0.25, 0.3) is 0 Å². The predicted octanol–water partition coefficient (Wildman–Crippen LogP) is 3.86. The Labute approximate surface area is 114 Å². The monoisotopic (exact) mass is 258 g/mol. The molecule has 0 amide bonds. The molecule has 1 aromatic heterocycles. The standard InChI is InChI=1S/C16H22N2O/c1-4-8-14-16(19)15(13-9-6-5-7-10-13)18(17-14)11-12(2)3/h5-7,9-10,12,19H,4,8,11H2,1-3H3. The number of hydrogen-bond acceptors (Lipinski definition) is 2. The minimum atomic E-state index is 0.341. The topological polar surface area (TPSA) is 38.0 Å². The van der Waals surface area contributed by atoms with Crippen molar-refractivity contribution in [2.24, 2.45) is 5.92 Å². The minimum Gasteiger partial charge on any atom is -0.504 e. The van der Waals surface area contributed by atoms with Gasteiger partial charge >= 0.3 is 0 Å². The first-order chi connectivity index (χ1) is 9.13. The van der Waals surface area contributed by atoms with Crippen molar-refractivity contribution in [2.45, 2.75) is 40.2 Å². The molecule has 0 spiro atoms. The van der Waals surface area contributed by atoms with Crippen LogP contribution in [0.15, 0.2) is 30.3 Å². The van der Waals surface area contributed by atoms with Crippen LogP contribution in [-0.4, -0.2) is 14.9 Å². The summed E-state index contributed by atoms with van der Waals surface area (Å²) in [5.41, 5.74) is 2.68. The number of rotatable bonds is 5. The van der Waals surface area contributed by atoms with Gasteiger partial charge in [0.1, 0.15) is 11.4 Å². The summed E-state index contributed by atoms with van der Waals surface area (Å²) in [4.78, 5) is 0. The summed E-state index contributed by atoms with van der Waals surface area (Å²) in [6.45, 7) is 7.24. The molecule has 0 fully saturated rings. The third-order valence-electron chi connectivity index (χ3n) is 3.07. The Hall–Kier alpha value is -1.77. The van der Waals surface area contributed by atoms with E-state index in [2.05, 4.69) is 25.9 Å². The molecule has 0 saturated carbocycles. The molecule has 2 rings (SSSR count). The lowest BCUT2D eigenvalue weighted by Gasteiger charge is -2.10. The van der Waals surface area contributed by atoms with Gasteiger partial charge in [-0.15, -0.1) is 0 Å². The Morgan fingerprint density at radius 1 is 1.21 bits per heavy atom. The van der Waals surface area contributed by atoms with Crippen molar-refractivity contribution in [2.75, 3.05) is 0 Å². The molecular weight excluding hydrogens is 236 g/mol. The molecule has 102 valence electrons.